The van der Waals surface area contributed by atoms with E-state index in [0.717, 1.165) is 17.3 Å². The van der Waals surface area contributed by atoms with Crippen molar-refractivity contribution < 1.29 is 9.47 Å². The molecule has 0 radical (unpaired) electrons. The predicted octanol–water partition coefficient (Wildman–Crippen LogP) is 3.28. The molecule has 0 N–H and O–H groups in total. The molecule has 92 valence electrons. The predicted molar refractivity (Wildman–Crippen MR) is 70.6 cm³/mol. The molecule has 0 bridgehead atoms. The zero-order valence-corrected chi connectivity index (χ0v) is 12.4. The molecule has 0 atom stereocenters. The Morgan fingerprint density at radius 2 is 2.06 bits per heavy atom. The molecule has 0 aliphatic carbocycles. The fraction of sp³-hybridized carbons (Fsp3) is 0.727. The van der Waals surface area contributed by atoms with E-state index in [1.807, 2.05) is 12.3 Å². The van der Waals surface area contributed by atoms with Gasteiger partial charge in [0.2, 0.25) is 0 Å². The van der Waals surface area contributed by atoms with Crippen molar-refractivity contribution in [2.24, 2.45) is 0 Å². The number of aryl methyl sites for hydroxylation is 1. The van der Waals surface area contributed by atoms with E-state index >= 15 is 0 Å². The highest BCUT2D eigenvalue weighted by Crippen LogP contribution is 2.09. The first-order valence-corrected chi connectivity index (χ1v) is 10.1. The number of thiazole rings is 1. The van der Waals surface area contributed by atoms with Crippen molar-refractivity contribution in [3.8, 4) is 0 Å². The summed E-state index contributed by atoms with van der Waals surface area (Å²) < 4.78 is 10.8. The highest BCUT2D eigenvalue weighted by atomic mass is 32.1. The summed E-state index contributed by atoms with van der Waals surface area (Å²) in [6, 6.07) is 1.19. The number of ether oxygens (including phenoxy) is 2. The average molecular weight is 259 g/mol. The summed E-state index contributed by atoms with van der Waals surface area (Å²) in [5.74, 6) is 0. The fourth-order valence-corrected chi connectivity index (χ4v) is 2.47. The molecule has 0 saturated heterocycles. The Morgan fingerprint density at radius 1 is 1.31 bits per heavy atom. The SMILES string of the molecule is Cc1nc(COCOCC[Si](C)(C)C)cs1. The van der Waals surface area contributed by atoms with E-state index in [9.17, 15) is 0 Å². The quantitative estimate of drug-likeness (QED) is 0.428. The zero-order valence-electron chi connectivity index (χ0n) is 10.6. The van der Waals surface area contributed by atoms with E-state index in [0.29, 0.717) is 13.4 Å². The highest BCUT2D eigenvalue weighted by molar-refractivity contribution is 7.09. The maximum absolute atomic E-state index is 5.43. The summed E-state index contributed by atoms with van der Waals surface area (Å²) in [6.45, 7) is 10.8. The van der Waals surface area contributed by atoms with Crippen LogP contribution in [0.4, 0.5) is 0 Å². The van der Waals surface area contributed by atoms with Gasteiger partial charge in [0.15, 0.2) is 0 Å². The molecule has 0 spiro atoms. The van der Waals surface area contributed by atoms with Crippen molar-refractivity contribution in [2.45, 2.75) is 39.2 Å². The molecule has 1 heterocycles. The van der Waals surface area contributed by atoms with Crippen LogP contribution in [-0.4, -0.2) is 26.5 Å². The number of aromatic nitrogens is 1. The lowest BCUT2D eigenvalue weighted by Gasteiger charge is -2.15. The maximum atomic E-state index is 5.43. The average Bonchev–Trinajstić information content (AvgIpc) is 2.56. The third kappa shape index (κ3) is 6.37. The van der Waals surface area contributed by atoms with E-state index in [-0.39, 0.29) is 0 Å². The molecular weight excluding hydrogens is 238 g/mol. The second-order valence-electron chi connectivity index (χ2n) is 5.04. The van der Waals surface area contributed by atoms with Crippen LogP contribution in [0.2, 0.25) is 25.7 Å². The summed E-state index contributed by atoms with van der Waals surface area (Å²) in [5, 5.41) is 3.11. The fourth-order valence-electron chi connectivity index (χ4n) is 1.12. The van der Waals surface area contributed by atoms with E-state index in [1.165, 1.54) is 6.04 Å². The van der Waals surface area contributed by atoms with Gasteiger partial charge in [-0.3, -0.25) is 0 Å². The number of hydrogen-bond donors (Lipinski definition) is 0. The van der Waals surface area contributed by atoms with Crippen molar-refractivity contribution in [1.82, 2.24) is 4.98 Å². The minimum absolute atomic E-state index is 0.376. The van der Waals surface area contributed by atoms with Crippen LogP contribution in [0.15, 0.2) is 5.38 Å². The van der Waals surface area contributed by atoms with Crippen molar-refractivity contribution >= 4 is 19.4 Å². The first-order valence-electron chi connectivity index (χ1n) is 5.54. The molecule has 5 heteroatoms. The third-order valence-electron chi connectivity index (χ3n) is 2.08. The normalized spacial score (nSPS) is 12.0. The molecule has 0 unspecified atom stereocenters. The molecule has 3 nitrogen and oxygen atoms in total. The van der Waals surface area contributed by atoms with Crippen LogP contribution in [0.3, 0.4) is 0 Å². The van der Waals surface area contributed by atoms with Crippen molar-refractivity contribution in [3.63, 3.8) is 0 Å². The van der Waals surface area contributed by atoms with Gasteiger partial charge in [-0.05, 0) is 13.0 Å². The highest BCUT2D eigenvalue weighted by Gasteiger charge is 2.11. The second kappa shape index (κ2) is 6.49. The monoisotopic (exact) mass is 259 g/mol. The maximum Gasteiger partial charge on any atom is 0.147 e. The largest absolute Gasteiger partial charge is 0.356 e. The topological polar surface area (TPSA) is 31.4 Å². The van der Waals surface area contributed by atoms with Gasteiger partial charge in [0.05, 0.1) is 17.3 Å². The summed E-state index contributed by atoms with van der Waals surface area (Å²) in [5.41, 5.74) is 0.997. The van der Waals surface area contributed by atoms with Gasteiger partial charge in [0.1, 0.15) is 6.79 Å². The lowest BCUT2D eigenvalue weighted by molar-refractivity contribution is -0.0581. The molecule has 0 aliphatic rings. The van der Waals surface area contributed by atoms with Crippen LogP contribution in [0.5, 0.6) is 0 Å². The molecule has 1 rings (SSSR count). The molecule has 0 fully saturated rings. The Morgan fingerprint density at radius 3 is 2.62 bits per heavy atom. The Hall–Kier alpha value is -0.233. The van der Waals surface area contributed by atoms with E-state index in [1.54, 1.807) is 11.3 Å². The van der Waals surface area contributed by atoms with E-state index < -0.39 is 8.07 Å². The minimum atomic E-state index is -0.969. The van der Waals surface area contributed by atoms with Crippen LogP contribution in [0, 0.1) is 6.92 Å². The molecule has 1 aromatic heterocycles. The van der Waals surface area contributed by atoms with Gasteiger partial charge in [-0.2, -0.15) is 0 Å². The first-order chi connectivity index (χ1) is 7.47. The smallest absolute Gasteiger partial charge is 0.147 e. The van der Waals surface area contributed by atoms with Gasteiger partial charge >= 0.3 is 0 Å². The minimum Gasteiger partial charge on any atom is -0.356 e. The van der Waals surface area contributed by atoms with Crippen LogP contribution in [0.25, 0.3) is 0 Å². The second-order valence-corrected chi connectivity index (χ2v) is 11.7. The lowest BCUT2D eigenvalue weighted by atomic mass is 10.5. The Labute approximate surface area is 103 Å². The molecule has 0 amide bonds. The van der Waals surface area contributed by atoms with Gasteiger partial charge < -0.3 is 9.47 Å². The first kappa shape index (κ1) is 13.8. The standard InChI is InChI=1S/C11H21NO2SSi/c1-10-12-11(8-15-10)7-14-9-13-5-6-16(2,3)4/h8H,5-7,9H2,1-4H3. The summed E-state index contributed by atoms with van der Waals surface area (Å²) in [6.07, 6.45) is 0. The molecule has 0 saturated carbocycles. The van der Waals surface area contributed by atoms with Gasteiger partial charge in [0.25, 0.3) is 0 Å². The summed E-state index contributed by atoms with van der Waals surface area (Å²) in [4.78, 5) is 4.31. The molecule has 16 heavy (non-hydrogen) atoms. The van der Waals surface area contributed by atoms with Crippen molar-refractivity contribution in [3.05, 3.63) is 16.1 Å². The van der Waals surface area contributed by atoms with Crippen LogP contribution >= 0.6 is 11.3 Å². The summed E-state index contributed by atoms with van der Waals surface area (Å²) in [7, 11) is -0.969. The zero-order chi connectivity index (χ0) is 12.0. The van der Waals surface area contributed by atoms with Crippen LogP contribution in [-0.2, 0) is 16.1 Å². The lowest BCUT2D eigenvalue weighted by Crippen LogP contribution is -2.22. The van der Waals surface area contributed by atoms with Gasteiger partial charge in [-0.15, -0.1) is 11.3 Å². The molecule has 1 aromatic rings. The van der Waals surface area contributed by atoms with Gasteiger partial charge in [-0.25, -0.2) is 4.98 Å². The van der Waals surface area contributed by atoms with Gasteiger partial charge in [-0.1, -0.05) is 19.6 Å². The third-order valence-corrected chi connectivity index (χ3v) is 4.61. The molecule has 0 aliphatic heterocycles. The van der Waals surface area contributed by atoms with E-state index in [4.69, 9.17) is 9.47 Å². The Balaban J connectivity index is 2.00. The Kier molecular flexibility index (Phi) is 5.61. The van der Waals surface area contributed by atoms with Crippen molar-refractivity contribution in [1.29, 1.82) is 0 Å². The van der Waals surface area contributed by atoms with Gasteiger partial charge in [0, 0.05) is 20.1 Å². The van der Waals surface area contributed by atoms with E-state index in [2.05, 4.69) is 24.6 Å². The van der Waals surface area contributed by atoms with Crippen LogP contribution < -0.4 is 0 Å². The molecular formula is C11H21NO2SSi. The number of rotatable bonds is 7. The van der Waals surface area contributed by atoms with Crippen LogP contribution in [0.1, 0.15) is 10.7 Å². The Bertz CT molecular complexity index is 309. The number of hydrogen-bond acceptors (Lipinski definition) is 4. The van der Waals surface area contributed by atoms with Crippen molar-refractivity contribution in [2.75, 3.05) is 13.4 Å². The summed E-state index contributed by atoms with van der Waals surface area (Å²) >= 11 is 1.65. The number of nitrogens with zero attached hydrogens (tertiary/aromatic N) is 1. The molecule has 0 aromatic carbocycles.